The second kappa shape index (κ2) is 9.56. The molecular weight excluding hydrogens is 396 g/mol. The number of fused-ring (bicyclic) bond motifs is 1. The van der Waals surface area contributed by atoms with Crippen molar-refractivity contribution < 1.29 is 9.59 Å². The van der Waals surface area contributed by atoms with Crippen LogP contribution in [0.3, 0.4) is 0 Å². The van der Waals surface area contributed by atoms with Gasteiger partial charge >= 0.3 is 0 Å². The minimum absolute atomic E-state index is 0.0563. The molecule has 154 valence electrons. The first-order chi connectivity index (χ1) is 13.1. The van der Waals surface area contributed by atoms with Crippen molar-refractivity contribution in [2.75, 3.05) is 12.3 Å². The number of likely N-dealkylation sites (N-methyl/N-ethyl adjacent to an activating group) is 1. The fourth-order valence-electron chi connectivity index (χ4n) is 2.75. The zero-order chi connectivity index (χ0) is 21.0. The maximum atomic E-state index is 13.1. The maximum absolute atomic E-state index is 13.1. The van der Waals surface area contributed by atoms with Gasteiger partial charge in [0.15, 0.2) is 5.16 Å². The van der Waals surface area contributed by atoms with Gasteiger partial charge in [-0.25, -0.2) is 4.98 Å². The topological polar surface area (TPSA) is 93.1 Å². The molecule has 2 N–H and O–H groups in total. The second-order valence-corrected chi connectivity index (χ2v) is 9.29. The fraction of sp³-hybridized carbons (Fsp3) is 0.579. The molecule has 2 aromatic heterocycles. The molecule has 0 aliphatic carbocycles. The Morgan fingerprint density at radius 3 is 2.54 bits per heavy atom. The molecule has 7 nitrogen and oxygen atoms in total. The number of thioether (sulfide) groups is 1. The van der Waals surface area contributed by atoms with Crippen LogP contribution in [0.4, 0.5) is 0 Å². The Hall–Kier alpha value is -1.87. The number of carbonyl (C=O) groups is 2. The zero-order valence-corrected chi connectivity index (χ0v) is 18.8. The largest absolute Gasteiger partial charge is 0.355 e. The van der Waals surface area contributed by atoms with Gasteiger partial charge < -0.3 is 10.6 Å². The van der Waals surface area contributed by atoms with Gasteiger partial charge in [-0.05, 0) is 39.2 Å². The third-order valence-electron chi connectivity index (χ3n) is 4.26. The summed E-state index contributed by atoms with van der Waals surface area (Å²) in [6, 6.07) is -0.607. The summed E-state index contributed by atoms with van der Waals surface area (Å²) in [6.07, 6.45) is 0. The number of hydrogen-bond acceptors (Lipinski definition) is 6. The minimum Gasteiger partial charge on any atom is -0.355 e. The molecule has 0 fully saturated rings. The molecule has 1 atom stereocenters. The third-order valence-corrected chi connectivity index (χ3v) is 6.33. The Morgan fingerprint density at radius 1 is 1.25 bits per heavy atom. The van der Waals surface area contributed by atoms with Crippen LogP contribution in [0, 0.1) is 19.8 Å². The highest BCUT2D eigenvalue weighted by Crippen LogP contribution is 2.28. The standard InChI is InChI=1S/C19H28N4O3S2/c1-7-20-16(25)12(5)21-14(24)9-27-19-22-17-15(11(4)13(6)28-17)18(26)23(19)8-10(2)3/h10,12H,7-9H2,1-6H3,(H,20,25)(H,21,24)/t12-/m0/s1. The van der Waals surface area contributed by atoms with Gasteiger partial charge in [-0.1, -0.05) is 25.6 Å². The van der Waals surface area contributed by atoms with E-state index in [4.69, 9.17) is 0 Å². The first-order valence-corrected chi connectivity index (χ1v) is 11.2. The Morgan fingerprint density at radius 2 is 1.93 bits per heavy atom. The van der Waals surface area contributed by atoms with Crippen LogP contribution >= 0.6 is 23.1 Å². The van der Waals surface area contributed by atoms with Crippen molar-refractivity contribution in [1.29, 1.82) is 0 Å². The highest BCUT2D eigenvalue weighted by atomic mass is 32.2. The summed E-state index contributed by atoms with van der Waals surface area (Å²) in [5.74, 6) is -0.138. The predicted molar refractivity (Wildman–Crippen MR) is 115 cm³/mol. The summed E-state index contributed by atoms with van der Waals surface area (Å²) in [5, 5.41) is 6.55. The number of rotatable bonds is 8. The van der Waals surface area contributed by atoms with Crippen molar-refractivity contribution in [1.82, 2.24) is 20.2 Å². The van der Waals surface area contributed by atoms with Crippen LogP contribution in [0.5, 0.6) is 0 Å². The number of amides is 2. The van der Waals surface area contributed by atoms with Crippen LogP contribution in [-0.4, -0.2) is 39.7 Å². The molecule has 28 heavy (non-hydrogen) atoms. The molecule has 0 aromatic carbocycles. The van der Waals surface area contributed by atoms with Gasteiger partial charge in [-0.15, -0.1) is 11.3 Å². The van der Waals surface area contributed by atoms with Gasteiger partial charge in [-0.3, -0.25) is 19.0 Å². The fourth-order valence-corrected chi connectivity index (χ4v) is 4.64. The van der Waals surface area contributed by atoms with Crippen molar-refractivity contribution in [2.45, 2.75) is 59.3 Å². The Bertz CT molecular complexity index is 933. The van der Waals surface area contributed by atoms with Crippen LogP contribution in [0.2, 0.25) is 0 Å². The van der Waals surface area contributed by atoms with Crippen LogP contribution in [-0.2, 0) is 16.1 Å². The SMILES string of the molecule is CCNC(=O)[C@H](C)NC(=O)CSc1nc2sc(C)c(C)c2c(=O)n1CC(C)C. The summed E-state index contributed by atoms with van der Waals surface area (Å²) in [7, 11) is 0. The van der Waals surface area contributed by atoms with E-state index < -0.39 is 6.04 Å². The molecule has 2 aromatic rings. The van der Waals surface area contributed by atoms with Crippen molar-refractivity contribution >= 4 is 45.1 Å². The molecule has 2 heterocycles. The number of carbonyl (C=O) groups excluding carboxylic acids is 2. The van der Waals surface area contributed by atoms with Crippen LogP contribution in [0.1, 0.15) is 38.1 Å². The average molecular weight is 425 g/mol. The van der Waals surface area contributed by atoms with E-state index in [1.54, 1.807) is 11.5 Å². The molecule has 0 saturated carbocycles. The van der Waals surface area contributed by atoms with E-state index in [1.165, 1.54) is 23.1 Å². The second-order valence-electron chi connectivity index (χ2n) is 7.14. The van der Waals surface area contributed by atoms with Crippen molar-refractivity contribution in [3.05, 3.63) is 20.8 Å². The maximum Gasteiger partial charge on any atom is 0.263 e. The number of nitrogens with one attached hydrogen (secondary N) is 2. The molecule has 9 heteroatoms. The average Bonchev–Trinajstić information content (AvgIpc) is 2.90. The smallest absolute Gasteiger partial charge is 0.263 e. The summed E-state index contributed by atoms with van der Waals surface area (Å²) < 4.78 is 1.66. The Labute approximate surface area is 173 Å². The summed E-state index contributed by atoms with van der Waals surface area (Å²) in [6.45, 7) is 12.5. The van der Waals surface area contributed by atoms with E-state index in [0.717, 1.165) is 10.4 Å². The molecule has 2 amide bonds. The first-order valence-electron chi connectivity index (χ1n) is 9.36. The van der Waals surface area contributed by atoms with Gasteiger partial charge in [0.25, 0.3) is 5.56 Å². The van der Waals surface area contributed by atoms with Gasteiger partial charge in [0, 0.05) is 18.0 Å². The number of thiophene rings is 1. The molecule has 2 rings (SSSR count). The summed E-state index contributed by atoms with van der Waals surface area (Å²) in [4.78, 5) is 43.5. The number of hydrogen-bond donors (Lipinski definition) is 2. The molecule has 0 spiro atoms. The lowest BCUT2D eigenvalue weighted by molar-refractivity contribution is -0.127. The van der Waals surface area contributed by atoms with E-state index in [0.29, 0.717) is 28.5 Å². The predicted octanol–water partition coefficient (Wildman–Crippen LogP) is 2.46. The summed E-state index contributed by atoms with van der Waals surface area (Å²) >= 11 is 2.72. The van der Waals surface area contributed by atoms with Crippen LogP contribution < -0.4 is 16.2 Å². The van der Waals surface area contributed by atoms with E-state index in [1.807, 2.05) is 34.6 Å². The van der Waals surface area contributed by atoms with E-state index in [9.17, 15) is 14.4 Å². The number of aryl methyl sites for hydroxylation is 2. The highest BCUT2D eigenvalue weighted by Gasteiger charge is 2.19. The van der Waals surface area contributed by atoms with Crippen LogP contribution in [0.25, 0.3) is 10.2 Å². The molecule has 0 unspecified atom stereocenters. The first kappa shape index (κ1) is 22.4. The molecule has 0 aliphatic rings. The summed E-state index contributed by atoms with van der Waals surface area (Å²) in [5.41, 5.74) is 0.916. The van der Waals surface area contributed by atoms with E-state index in [-0.39, 0.29) is 29.0 Å². The quantitative estimate of drug-likeness (QED) is 0.502. The molecule has 0 aliphatic heterocycles. The van der Waals surface area contributed by atoms with E-state index >= 15 is 0 Å². The molecule has 0 bridgehead atoms. The monoisotopic (exact) mass is 424 g/mol. The Kier molecular flexibility index (Phi) is 7.65. The van der Waals surface area contributed by atoms with Crippen molar-refractivity contribution in [2.24, 2.45) is 5.92 Å². The lowest BCUT2D eigenvalue weighted by atomic mass is 10.2. The van der Waals surface area contributed by atoms with Crippen LogP contribution in [0.15, 0.2) is 9.95 Å². The lowest BCUT2D eigenvalue weighted by Gasteiger charge is -2.15. The van der Waals surface area contributed by atoms with E-state index in [2.05, 4.69) is 15.6 Å². The van der Waals surface area contributed by atoms with Crippen molar-refractivity contribution in [3.63, 3.8) is 0 Å². The highest BCUT2D eigenvalue weighted by molar-refractivity contribution is 7.99. The van der Waals surface area contributed by atoms with Gasteiger partial charge in [0.05, 0.1) is 11.1 Å². The normalized spacial score (nSPS) is 12.4. The third kappa shape index (κ3) is 5.14. The Balaban J connectivity index is 2.24. The zero-order valence-electron chi connectivity index (χ0n) is 17.2. The molecular formula is C19H28N4O3S2. The lowest BCUT2D eigenvalue weighted by Crippen LogP contribution is -2.45. The van der Waals surface area contributed by atoms with Gasteiger partial charge in [0.2, 0.25) is 11.8 Å². The number of nitrogens with zero attached hydrogens (tertiary/aromatic N) is 2. The van der Waals surface area contributed by atoms with Gasteiger partial charge in [-0.2, -0.15) is 0 Å². The minimum atomic E-state index is -0.607. The molecule has 0 saturated heterocycles. The number of aromatic nitrogens is 2. The molecule has 0 radical (unpaired) electrons. The van der Waals surface area contributed by atoms with Crippen molar-refractivity contribution in [3.8, 4) is 0 Å². The van der Waals surface area contributed by atoms with Gasteiger partial charge in [0.1, 0.15) is 10.9 Å².